The Morgan fingerprint density at radius 1 is 1.27 bits per heavy atom. The van der Waals surface area contributed by atoms with Crippen molar-refractivity contribution in [1.82, 2.24) is 29.7 Å². The molecule has 0 saturated heterocycles. The van der Waals surface area contributed by atoms with Gasteiger partial charge >= 0.3 is 0 Å². The number of hydrogen-bond donors (Lipinski definition) is 1. The van der Waals surface area contributed by atoms with Crippen molar-refractivity contribution in [3.8, 4) is 11.4 Å². The van der Waals surface area contributed by atoms with Gasteiger partial charge in [-0.25, -0.2) is 9.97 Å². The lowest BCUT2D eigenvalue weighted by atomic mass is 10.2. The predicted octanol–water partition coefficient (Wildman–Crippen LogP) is 3.81. The molecule has 0 bridgehead atoms. The Kier molecular flexibility index (Phi) is 5.03. The molecule has 1 aliphatic carbocycles. The van der Waals surface area contributed by atoms with Crippen LogP contribution in [0.5, 0.6) is 0 Å². The van der Waals surface area contributed by atoms with Crippen molar-refractivity contribution in [2.45, 2.75) is 37.5 Å². The molecule has 1 aliphatic rings. The quantitative estimate of drug-likeness (QED) is 0.617. The lowest BCUT2D eigenvalue weighted by Crippen LogP contribution is -2.10. The van der Waals surface area contributed by atoms with Crippen LogP contribution in [0.2, 0.25) is 5.02 Å². The van der Waals surface area contributed by atoms with Crippen LogP contribution in [0.15, 0.2) is 36.9 Å². The van der Waals surface area contributed by atoms with E-state index in [-0.39, 0.29) is 5.25 Å². The maximum atomic E-state index is 5.83. The molecule has 26 heavy (non-hydrogen) atoms. The lowest BCUT2D eigenvalue weighted by molar-refractivity contribution is 0.757. The molecule has 3 heterocycles. The van der Waals surface area contributed by atoms with Crippen LogP contribution in [-0.4, -0.2) is 35.0 Å². The molecule has 134 valence electrons. The van der Waals surface area contributed by atoms with Gasteiger partial charge in [0.05, 0.1) is 5.02 Å². The first kappa shape index (κ1) is 17.2. The van der Waals surface area contributed by atoms with Crippen molar-refractivity contribution in [2.75, 3.05) is 4.72 Å². The van der Waals surface area contributed by atoms with E-state index in [1.165, 1.54) is 0 Å². The van der Waals surface area contributed by atoms with Gasteiger partial charge in [0.1, 0.15) is 5.82 Å². The fraction of sp³-hybridized carbons (Fsp3) is 0.353. The Morgan fingerprint density at radius 2 is 2.08 bits per heavy atom. The first-order chi connectivity index (χ1) is 12.7. The van der Waals surface area contributed by atoms with E-state index in [0.29, 0.717) is 11.1 Å². The lowest BCUT2D eigenvalue weighted by Gasteiger charge is -2.13. The molecular weight excluding hydrogens is 370 g/mol. The molecule has 0 amide bonds. The molecular formula is C17H18ClN7S. The van der Waals surface area contributed by atoms with Crippen molar-refractivity contribution in [1.29, 1.82) is 0 Å². The van der Waals surface area contributed by atoms with E-state index in [9.17, 15) is 0 Å². The molecule has 0 aromatic carbocycles. The van der Waals surface area contributed by atoms with Gasteiger partial charge < -0.3 is 0 Å². The molecule has 1 saturated carbocycles. The first-order valence-electron chi connectivity index (χ1n) is 8.44. The Morgan fingerprint density at radius 3 is 2.77 bits per heavy atom. The molecule has 9 heteroatoms. The number of nitrogens with zero attached hydrogens (tertiary/aromatic N) is 6. The summed E-state index contributed by atoms with van der Waals surface area (Å²) in [6.07, 6.45) is 9.87. The number of halogens is 1. The number of hydrogen-bond acceptors (Lipinski definition) is 7. The Balaban J connectivity index is 1.45. The zero-order valence-electron chi connectivity index (χ0n) is 14.2. The highest BCUT2D eigenvalue weighted by Gasteiger charge is 2.30. The summed E-state index contributed by atoms with van der Waals surface area (Å²) in [5, 5.41) is 9.54. The van der Waals surface area contributed by atoms with E-state index in [4.69, 9.17) is 11.6 Å². The van der Waals surface area contributed by atoms with Crippen LogP contribution in [0.25, 0.3) is 11.4 Å². The van der Waals surface area contributed by atoms with Crippen LogP contribution in [0, 0.1) is 0 Å². The minimum Gasteiger partial charge on any atom is -0.298 e. The summed E-state index contributed by atoms with van der Waals surface area (Å²) in [4.78, 5) is 12.7. The number of nitrogens with one attached hydrogen (secondary N) is 1. The summed E-state index contributed by atoms with van der Waals surface area (Å²) >= 11 is 7.42. The van der Waals surface area contributed by atoms with Gasteiger partial charge in [-0.05, 0) is 36.9 Å². The van der Waals surface area contributed by atoms with Crippen molar-refractivity contribution >= 4 is 29.5 Å². The Hall–Kier alpha value is -2.19. The molecule has 4 rings (SSSR count). The topological polar surface area (TPSA) is 81.4 Å². The van der Waals surface area contributed by atoms with E-state index in [1.807, 2.05) is 18.3 Å². The Labute approximate surface area is 160 Å². The van der Waals surface area contributed by atoms with Gasteiger partial charge in [0.25, 0.3) is 0 Å². The van der Waals surface area contributed by atoms with Crippen LogP contribution < -0.4 is 4.72 Å². The second-order valence-corrected chi connectivity index (χ2v) is 7.92. The second kappa shape index (κ2) is 7.59. The molecule has 3 aromatic heterocycles. The van der Waals surface area contributed by atoms with Crippen molar-refractivity contribution in [3.63, 3.8) is 0 Å². The molecule has 0 spiro atoms. The van der Waals surface area contributed by atoms with Gasteiger partial charge in [-0.3, -0.25) is 14.3 Å². The summed E-state index contributed by atoms with van der Waals surface area (Å²) in [6.45, 7) is 2.12. The highest BCUT2D eigenvalue weighted by atomic mass is 35.5. The maximum Gasteiger partial charge on any atom is 0.235 e. The zero-order valence-corrected chi connectivity index (χ0v) is 15.8. The van der Waals surface area contributed by atoms with E-state index in [2.05, 4.69) is 41.4 Å². The molecule has 1 N–H and O–H groups in total. The summed E-state index contributed by atoms with van der Waals surface area (Å²) < 4.78 is 5.54. The minimum absolute atomic E-state index is 0.266. The van der Waals surface area contributed by atoms with Gasteiger partial charge in [0.15, 0.2) is 5.82 Å². The summed E-state index contributed by atoms with van der Waals surface area (Å²) in [5.41, 5.74) is 0.979. The summed E-state index contributed by atoms with van der Waals surface area (Å²) in [7, 11) is 0. The molecule has 1 fully saturated rings. The molecule has 1 atom stereocenters. The van der Waals surface area contributed by atoms with Gasteiger partial charge in [0, 0.05) is 48.1 Å². The SMILES string of the molecule is CC(Cc1ncc(Cl)cn1)SNc1nnc(-c2cccnc2)n1C1CC1. The molecule has 1 unspecified atom stereocenters. The van der Waals surface area contributed by atoms with E-state index >= 15 is 0 Å². The highest BCUT2D eigenvalue weighted by molar-refractivity contribution is 8.01. The number of pyridine rings is 1. The van der Waals surface area contributed by atoms with Gasteiger partial charge in [-0.15, -0.1) is 10.2 Å². The fourth-order valence-electron chi connectivity index (χ4n) is 2.63. The highest BCUT2D eigenvalue weighted by Crippen LogP contribution is 2.40. The summed E-state index contributed by atoms with van der Waals surface area (Å²) in [5.74, 6) is 2.41. The van der Waals surface area contributed by atoms with Crippen LogP contribution in [0.3, 0.4) is 0 Å². The summed E-state index contributed by atoms with van der Waals surface area (Å²) in [6, 6.07) is 4.38. The van der Waals surface area contributed by atoms with Crippen molar-refractivity contribution in [3.05, 3.63) is 47.8 Å². The van der Waals surface area contributed by atoms with E-state index < -0.39 is 0 Å². The zero-order chi connectivity index (χ0) is 17.9. The third-order valence-electron chi connectivity index (χ3n) is 4.02. The van der Waals surface area contributed by atoms with Gasteiger partial charge in [-0.2, -0.15) is 0 Å². The third-order valence-corrected chi connectivity index (χ3v) is 5.09. The second-order valence-electron chi connectivity index (χ2n) is 6.24. The largest absolute Gasteiger partial charge is 0.298 e. The van der Waals surface area contributed by atoms with Crippen LogP contribution >= 0.6 is 23.5 Å². The maximum absolute atomic E-state index is 5.83. The smallest absolute Gasteiger partial charge is 0.235 e. The van der Waals surface area contributed by atoms with Crippen LogP contribution in [0.4, 0.5) is 5.95 Å². The number of rotatable bonds is 7. The van der Waals surface area contributed by atoms with Gasteiger partial charge in [-0.1, -0.05) is 18.5 Å². The first-order valence-corrected chi connectivity index (χ1v) is 9.70. The normalized spacial score (nSPS) is 15.0. The predicted molar refractivity (Wildman–Crippen MR) is 103 cm³/mol. The third kappa shape index (κ3) is 3.96. The van der Waals surface area contributed by atoms with Crippen LogP contribution in [-0.2, 0) is 6.42 Å². The standard InChI is InChI=1S/C17H18ClN7S/c1-11(7-15-20-9-13(18)10-21-15)26-24-17-23-22-16(25(17)14-4-5-14)12-3-2-6-19-8-12/h2-3,6,8-11,14H,4-5,7H2,1H3,(H,23,24). The minimum atomic E-state index is 0.266. The van der Waals surface area contributed by atoms with Gasteiger partial charge in [0.2, 0.25) is 5.95 Å². The monoisotopic (exact) mass is 387 g/mol. The Bertz CT molecular complexity index is 865. The van der Waals surface area contributed by atoms with Crippen molar-refractivity contribution in [2.24, 2.45) is 0 Å². The van der Waals surface area contributed by atoms with E-state index in [0.717, 1.165) is 42.4 Å². The average molecular weight is 388 g/mol. The van der Waals surface area contributed by atoms with E-state index in [1.54, 1.807) is 30.5 Å². The van der Waals surface area contributed by atoms with Crippen LogP contribution in [0.1, 0.15) is 31.6 Å². The molecule has 7 nitrogen and oxygen atoms in total. The number of aromatic nitrogens is 6. The number of anilines is 1. The fourth-order valence-corrected chi connectivity index (χ4v) is 3.40. The molecule has 0 radical (unpaired) electrons. The van der Waals surface area contributed by atoms with Crippen molar-refractivity contribution < 1.29 is 0 Å². The average Bonchev–Trinajstić information content (AvgIpc) is 3.41. The molecule has 0 aliphatic heterocycles. The molecule has 3 aromatic rings.